The highest BCUT2D eigenvalue weighted by Gasteiger charge is 2.37. The summed E-state index contributed by atoms with van der Waals surface area (Å²) >= 11 is 13.0. The molecular weight excluding hydrogens is 763 g/mol. The van der Waals surface area contributed by atoms with E-state index in [0.717, 1.165) is 43.6 Å². The van der Waals surface area contributed by atoms with Gasteiger partial charge in [-0.15, -0.1) is 0 Å². The number of methoxy groups -OCH3 is 2. The minimum atomic E-state index is -1.33. The van der Waals surface area contributed by atoms with E-state index in [1.807, 2.05) is 36.4 Å². The average molecular weight is 804 g/mol. The molecule has 5 aromatic rings. The molecule has 0 saturated carbocycles. The van der Waals surface area contributed by atoms with Crippen LogP contribution in [0.2, 0.25) is 10.0 Å². The number of carbonyl (C=O) groups excluding carboxylic acids is 1. The first kappa shape index (κ1) is 38.8. The Morgan fingerprint density at radius 2 is 1.68 bits per heavy atom. The van der Waals surface area contributed by atoms with E-state index < -0.39 is 24.0 Å². The Bertz CT molecular complexity index is 2170. The van der Waals surface area contributed by atoms with Crippen molar-refractivity contribution < 1.29 is 42.8 Å². The fourth-order valence-corrected chi connectivity index (χ4v) is 8.06. The van der Waals surface area contributed by atoms with E-state index in [0.29, 0.717) is 39.0 Å². The van der Waals surface area contributed by atoms with Crippen molar-refractivity contribution in [2.75, 3.05) is 33.9 Å². The summed E-state index contributed by atoms with van der Waals surface area (Å²) in [5, 5.41) is 25.6. The molecule has 56 heavy (non-hydrogen) atoms. The predicted octanol–water partition coefficient (Wildman–Crippen LogP) is 7.19. The van der Waals surface area contributed by atoms with Gasteiger partial charge in [0.05, 0.1) is 20.3 Å². The van der Waals surface area contributed by atoms with Crippen LogP contribution in [-0.2, 0) is 17.8 Å². The topological polar surface area (TPSA) is 160 Å². The molecule has 0 aliphatic carbocycles. The molecule has 0 spiro atoms. The normalized spacial score (nSPS) is 18.5. The quantitative estimate of drug-likeness (QED) is 0.0864. The van der Waals surface area contributed by atoms with Crippen molar-refractivity contribution in [3.8, 4) is 17.2 Å². The lowest BCUT2D eigenvalue weighted by atomic mass is 9.86. The summed E-state index contributed by atoms with van der Waals surface area (Å²) in [6.45, 7) is 2.60. The Kier molecular flexibility index (Phi) is 11.8. The number of halogens is 2. The van der Waals surface area contributed by atoms with Gasteiger partial charge in [0.15, 0.2) is 36.2 Å². The first-order valence-electron chi connectivity index (χ1n) is 18.1. The average Bonchev–Trinajstić information content (AvgIpc) is 3.64. The summed E-state index contributed by atoms with van der Waals surface area (Å²) in [6.07, 6.45) is 3.78. The van der Waals surface area contributed by atoms with Gasteiger partial charge in [-0.1, -0.05) is 71.7 Å². The number of ether oxygens (including phenoxy) is 4. The lowest BCUT2D eigenvalue weighted by molar-refractivity contribution is -0.605. The number of fused-ring (bicyclic) bond motifs is 3. The number of hydrogen-bond donors (Lipinski definition) is 2. The number of carboxylic acids is 1. The number of benzene rings is 3. The second-order valence-electron chi connectivity index (χ2n) is 13.7. The maximum Gasteiger partial charge on any atom is 0.408 e. The van der Waals surface area contributed by atoms with E-state index in [-0.39, 0.29) is 46.5 Å². The number of pyridine rings is 1. The Morgan fingerprint density at radius 3 is 2.34 bits per heavy atom. The zero-order chi connectivity index (χ0) is 39.3. The Balaban J connectivity index is 1.15. The summed E-state index contributed by atoms with van der Waals surface area (Å²) in [5.74, 6) is -0.474. The number of oxazole rings is 1. The molecule has 2 bridgehead atoms. The number of nitrogens with zero attached hydrogens (tertiary/aromatic N) is 3. The second-order valence-corrected chi connectivity index (χ2v) is 14.5. The van der Waals surface area contributed by atoms with Gasteiger partial charge >= 0.3 is 12.1 Å². The zero-order valence-electron chi connectivity index (χ0n) is 30.7. The maximum atomic E-state index is 13.3. The van der Waals surface area contributed by atoms with Gasteiger partial charge in [0.25, 0.3) is 0 Å². The molecule has 292 valence electrons. The molecule has 3 atom stereocenters. The number of alkyl carbamates (subject to hydrolysis) is 1. The number of carboxylic acid groups (broad SMARTS) is 1. The molecule has 3 aliphatic heterocycles. The third-order valence-electron chi connectivity index (χ3n) is 10.3. The van der Waals surface area contributed by atoms with Crippen LogP contribution in [0.15, 0.2) is 89.6 Å². The van der Waals surface area contributed by atoms with Crippen LogP contribution in [0.3, 0.4) is 0 Å². The fourth-order valence-electron chi connectivity index (χ4n) is 7.46. The summed E-state index contributed by atoms with van der Waals surface area (Å²) in [6, 6.07) is 21.4. The van der Waals surface area contributed by atoms with E-state index in [1.165, 1.54) is 26.6 Å². The number of nitrogens with one attached hydrogen (secondary N) is 1. The second kappa shape index (κ2) is 17.1. The largest absolute Gasteiger partial charge is 0.619 e. The molecule has 5 heterocycles. The third kappa shape index (κ3) is 8.65. The van der Waals surface area contributed by atoms with Crippen LogP contribution in [0, 0.1) is 11.1 Å². The molecule has 13 nitrogen and oxygen atoms in total. The Morgan fingerprint density at radius 1 is 0.964 bits per heavy atom. The Labute approximate surface area is 333 Å². The first-order chi connectivity index (χ1) is 27.1. The number of piperidine rings is 3. The van der Waals surface area contributed by atoms with Crippen LogP contribution >= 0.6 is 23.2 Å². The molecule has 2 aromatic heterocycles. The van der Waals surface area contributed by atoms with Crippen LogP contribution in [0.4, 0.5) is 4.79 Å². The van der Waals surface area contributed by atoms with Crippen molar-refractivity contribution in [3.05, 3.63) is 140 Å². The zero-order valence-corrected chi connectivity index (χ0v) is 32.2. The molecular formula is C41H40Cl2N4O9. The van der Waals surface area contributed by atoms with E-state index >= 15 is 0 Å². The number of hydrogen-bond acceptors (Lipinski definition) is 10. The fraction of sp³-hybridized carbons (Fsp3) is 0.317. The van der Waals surface area contributed by atoms with Crippen molar-refractivity contribution in [1.29, 1.82) is 0 Å². The van der Waals surface area contributed by atoms with Crippen molar-refractivity contribution >= 4 is 35.3 Å². The lowest BCUT2D eigenvalue weighted by Crippen LogP contribution is -2.52. The molecule has 1 amide bonds. The van der Waals surface area contributed by atoms with Crippen molar-refractivity contribution in [2.45, 2.75) is 43.9 Å². The number of rotatable bonds is 14. The monoisotopic (exact) mass is 802 g/mol. The molecule has 3 aromatic carbocycles. The predicted molar refractivity (Wildman–Crippen MR) is 206 cm³/mol. The summed E-state index contributed by atoms with van der Waals surface area (Å²) in [7, 11) is 2.99. The third-order valence-corrected chi connectivity index (χ3v) is 10.9. The molecule has 8 rings (SSSR count). The van der Waals surface area contributed by atoms with E-state index in [1.54, 1.807) is 36.4 Å². The van der Waals surface area contributed by atoms with Gasteiger partial charge in [0.1, 0.15) is 27.7 Å². The number of amides is 1. The van der Waals surface area contributed by atoms with Gasteiger partial charge in [0.2, 0.25) is 5.89 Å². The highest BCUT2D eigenvalue weighted by atomic mass is 35.5. The standard InChI is InChI=1S/C41H40Cl2N4O9/c1-52-33-12-11-26(18-34(33)53-2)29(19-30-31(42)20-47(51)21-32(30)43)39-38(40(48)49)44-36(56-39)23-54-28-10-6-9-27(17-28)37(25-7-4-3-5-8-25)45-41(50)55-35-22-46-15-13-24(35)14-16-46/h3-12,17-18,20-21,24,29,35,37H,13-16,19,22-23H2,1-2H3,(H,45,50)(H,48,49)/t29-,35-,37?/m0/s1. The summed E-state index contributed by atoms with van der Waals surface area (Å²) in [5.41, 5.74) is 2.23. The summed E-state index contributed by atoms with van der Waals surface area (Å²) in [4.78, 5) is 32.6. The van der Waals surface area contributed by atoms with Gasteiger partial charge < -0.3 is 39.0 Å². The minimum absolute atomic E-state index is 0.00484. The summed E-state index contributed by atoms with van der Waals surface area (Å²) < 4.78 is 29.7. The number of aromatic carboxylic acids is 1. The highest BCUT2D eigenvalue weighted by Crippen LogP contribution is 2.39. The smallest absolute Gasteiger partial charge is 0.408 e. The van der Waals surface area contributed by atoms with Gasteiger partial charge in [-0.2, -0.15) is 4.73 Å². The number of carbonyl (C=O) groups is 2. The lowest BCUT2D eigenvalue weighted by Gasteiger charge is -2.43. The Hall–Kier alpha value is -5.50. The van der Waals surface area contributed by atoms with Crippen LogP contribution in [0.5, 0.6) is 17.2 Å². The van der Waals surface area contributed by atoms with Gasteiger partial charge in [-0.05, 0) is 79.2 Å². The van der Waals surface area contributed by atoms with E-state index in [4.69, 9.17) is 46.6 Å². The molecule has 15 heteroatoms. The number of aromatic nitrogens is 2. The minimum Gasteiger partial charge on any atom is -0.619 e. The van der Waals surface area contributed by atoms with Crippen molar-refractivity contribution in [3.63, 3.8) is 0 Å². The molecule has 3 fully saturated rings. The molecule has 3 aliphatic rings. The first-order valence-corrected chi connectivity index (χ1v) is 18.8. The van der Waals surface area contributed by atoms with E-state index in [2.05, 4.69) is 15.2 Å². The van der Waals surface area contributed by atoms with Gasteiger partial charge in [-0.25, -0.2) is 14.6 Å². The molecule has 3 saturated heterocycles. The van der Waals surface area contributed by atoms with E-state index in [9.17, 15) is 19.9 Å². The van der Waals surface area contributed by atoms with Gasteiger partial charge in [0, 0.05) is 18.0 Å². The molecule has 0 radical (unpaired) electrons. The van der Waals surface area contributed by atoms with Crippen LogP contribution in [0.1, 0.15) is 69.2 Å². The van der Waals surface area contributed by atoms with Crippen molar-refractivity contribution in [1.82, 2.24) is 15.2 Å². The van der Waals surface area contributed by atoms with Gasteiger partial charge in [-0.3, -0.25) is 4.90 Å². The molecule has 2 N–H and O–H groups in total. The van der Waals surface area contributed by atoms with Crippen LogP contribution in [0.25, 0.3) is 0 Å². The van der Waals surface area contributed by atoms with Crippen LogP contribution < -0.4 is 24.3 Å². The van der Waals surface area contributed by atoms with Crippen molar-refractivity contribution in [2.24, 2.45) is 5.92 Å². The highest BCUT2D eigenvalue weighted by molar-refractivity contribution is 6.35. The SMILES string of the molecule is COc1ccc([C@H](Cc2c(Cl)c[n+]([O-])cc2Cl)c2oc(COc3cccc(C(NC(=O)O[C@H]4CN5CCC4CC5)c4ccccc4)c3)nc2C(=O)O)cc1OC. The maximum absolute atomic E-state index is 13.3. The van der Waals surface area contributed by atoms with Crippen LogP contribution in [-0.4, -0.2) is 67.0 Å². The molecule has 1 unspecified atom stereocenters.